The molecule has 1 heterocycles. The van der Waals surface area contributed by atoms with Crippen molar-refractivity contribution in [3.8, 4) is 0 Å². The van der Waals surface area contributed by atoms with Gasteiger partial charge in [0.05, 0.1) is 24.5 Å². The molecule has 1 aromatic heterocycles. The van der Waals surface area contributed by atoms with E-state index >= 15 is 0 Å². The SMILES string of the molecule is CCC(Nc1cnn(CC(=O)NCCO)c1)c1ccc(Cl)cc1. The lowest BCUT2D eigenvalue weighted by Crippen LogP contribution is -2.30. The maximum atomic E-state index is 11.6. The lowest BCUT2D eigenvalue weighted by molar-refractivity contribution is -0.122. The van der Waals surface area contributed by atoms with Crippen molar-refractivity contribution in [3.63, 3.8) is 0 Å². The fourth-order valence-electron chi connectivity index (χ4n) is 2.24. The normalized spacial score (nSPS) is 12.0. The Bertz CT molecular complexity index is 627. The van der Waals surface area contributed by atoms with Crippen molar-refractivity contribution in [1.29, 1.82) is 0 Å². The summed E-state index contributed by atoms with van der Waals surface area (Å²) in [7, 11) is 0. The van der Waals surface area contributed by atoms with E-state index in [4.69, 9.17) is 16.7 Å². The third-order valence-corrected chi connectivity index (χ3v) is 3.65. The van der Waals surface area contributed by atoms with Gasteiger partial charge in [0.15, 0.2) is 0 Å². The van der Waals surface area contributed by atoms with Crippen LogP contribution in [0.4, 0.5) is 5.69 Å². The van der Waals surface area contributed by atoms with Crippen molar-refractivity contribution in [3.05, 3.63) is 47.2 Å². The third-order valence-electron chi connectivity index (χ3n) is 3.39. The van der Waals surface area contributed by atoms with E-state index in [0.717, 1.165) is 17.7 Å². The summed E-state index contributed by atoms with van der Waals surface area (Å²) in [5.41, 5.74) is 1.99. The van der Waals surface area contributed by atoms with Gasteiger partial charge in [0.2, 0.25) is 5.91 Å². The van der Waals surface area contributed by atoms with Crippen molar-refractivity contribution in [2.75, 3.05) is 18.5 Å². The number of carbonyl (C=O) groups excluding carboxylic acids is 1. The van der Waals surface area contributed by atoms with Crippen LogP contribution < -0.4 is 10.6 Å². The summed E-state index contributed by atoms with van der Waals surface area (Å²) in [5.74, 6) is -0.182. The molecule has 0 aliphatic rings. The van der Waals surface area contributed by atoms with Crippen LogP contribution >= 0.6 is 11.6 Å². The Labute approximate surface area is 140 Å². The van der Waals surface area contributed by atoms with Crippen LogP contribution in [0.1, 0.15) is 24.9 Å². The highest BCUT2D eigenvalue weighted by molar-refractivity contribution is 6.30. The topological polar surface area (TPSA) is 79.2 Å². The van der Waals surface area contributed by atoms with Crippen LogP contribution in [0.5, 0.6) is 0 Å². The van der Waals surface area contributed by atoms with E-state index < -0.39 is 0 Å². The molecule has 124 valence electrons. The summed E-state index contributed by atoms with van der Waals surface area (Å²) in [6.07, 6.45) is 4.39. The number of aliphatic hydroxyl groups excluding tert-OH is 1. The average molecular weight is 337 g/mol. The van der Waals surface area contributed by atoms with Crippen LogP contribution in [0.2, 0.25) is 5.02 Å². The lowest BCUT2D eigenvalue weighted by Gasteiger charge is -2.17. The van der Waals surface area contributed by atoms with Gasteiger partial charge in [-0.2, -0.15) is 5.10 Å². The van der Waals surface area contributed by atoms with Gasteiger partial charge in [0.1, 0.15) is 6.54 Å². The minimum absolute atomic E-state index is 0.0725. The summed E-state index contributed by atoms with van der Waals surface area (Å²) in [5, 5.41) is 19.6. The zero-order valence-electron chi connectivity index (χ0n) is 13.0. The number of amides is 1. The second-order valence-electron chi connectivity index (χ2n) is 5.16. The second-order valence-corrected chi connectivity index (χ2v) is 5.59. The molecule has 1 aromatic carbocycles. The molecule has 1 unspecified atom stereocenters. The minimum Gasteiger partial charge on any atom is -0.395 e. The van der Waals surface area contributed by atoms with Gasteiger partial charge in [0, 0.05) is 17.8 Å². The predicted octanol–water partition coefficient (Wildman–Crippen LogP) is 2.21. The maximum absolute atomic E-state index is 11.6. The first kappa shape index (κ1) is 17.3. The Morgan fingerprint density at radius 3 is 2.78 bits per heavy atom. The highest BCUT2D eigenvalue weighted by atomic mass is 35.5. The van der Waals surface area contributed by atoms with Gasteiger partial charge >= 0.3 is 0 Å². The number of rotatable bonds is 8. The van der Waals surface area contributed by atoms with Gasteiger partial charge in [-0.25, -0.2) is 0 Å². The Balaban J connectivity index is 1.96. The summed E-state index contributed by atoms with van der Waals surface area (Å²) >= 11 is 5.92. The zero-order valence-corrected chi connectivity index (χ0v) is 13.8. The number of hydrogen-bond donors (Lipinski definition) is 3. The smallest absolute Gasteiger partial charge is 0.241 e. The van der Waals surface area contributed by atoms with Gasteiger partial charge in [-0.05, 0) is 24.1 Å². The molecule has 2 aromatic rings. The Hall–Kier alpha value is -2.05. The quantitative estimate of drug-likeness (QED) is 0.690. The molecule has 0 spiro atoms. The highest BCUT2D eigenvalue weighted by Crippen LogP contribution is 2.23. The number of carbonyl (C=O) groups is 1. The Morgan fingerprint density at radius 2 is 2.13 bits per heavy atom. The number of anilines is 1. The van der Waals surface area contributed by atoms with E-state index in [0.29, 0.717) is 5.02 Å². The van der Waals surface area contributed by atoms with E-state index in [1.807, 2.05) is 24.3 Å². The highest BCUT2D eigenvalue weighted by Gasteiger charge is 2.11. The average Bonchev–Trinajstić information content (AvgIpc) is 2.98. The number of aromatic nitrogens is 2. The van der Waals surface area contributed by atoms with Crippen LogP contribution in [0.25, 0.3) is 0 Å². The molecule has 23 heavy (non-hydrogen) atoms. The van der Waals surface area contributed by atoms with Gasteiger partial charge in [-0.3, -0.25) is 9.48 Å². The number of hydrogen-bond acceptors (Lipinski definition) is 4. The van der Waals surface area contributed by atoms with E-state index in [1.54, 1.807) is 17.1 Å². The molecule has 7 heteroatoms. The van der Waals surface area contributed by atoms with Crippen LogP contribution in [0.3, 0.4) is 0 Å². The summed E-state index contributed by atoms with van der Waals surface area (Å²) in [6.45, 7) is 2.40. The summed E-state index contributed by atoms with van der Waals surface area (Å²) in [6, 6.07) is 7.88. The monoisotopic (exact) mass is 336 g/mol. The molecular formula is C16H21ClN4O2. The lowest BCUT2D eigenvalue weighted by atomic mass is 10.0. The molecule has 0 fully saturated rings. The molecule has 1 amide bonds. The molecule has 6 nitrogen and oxygen atoms in total. The summed E-state index contributed by atoms with van der Waals surface area (Å²) in [4.78, 5) is 11.6. The molecule has 0 saturated carbocycles. The molecule has 1 atom stereocenters. The number of benzene rings is 1. The third kappa shape index (κ3) is 5.26. The van der Waals surface area contributed by atoms with Crippen molar-refractivity contribution in [2.24, 2.45) is 0 Å². The standard InChI is InChI=1S/C16H21ClN4O2/c1-2-15(12-3-5-13(17)6-4-12)20-14-9-19-21(10-14)11-16(23)18-7-8-22/h3-6,9-10,15,20,22H,2,7-8,11H2,1H3,(H,18,23). The number of aliphatic hydroxyl groups is 1. The van der Waals surface area contributed by atoms with Crippen LogP contribution in [0, 0.1) is 0 Å². The fraction of sp³-hybridized carbons (Fsp3) is 0.375. The Kier molecular flexibility index (Phi) is 6.43. The molecule has 0 saturated heterocycles. The molecule has 0 aliphatic heterocycles. The van der Waals surface area contributed by atoms with Crippen LogP contribution in [-0.2, 0) is 11.3 Å². The van der Waals surface area contributed by atoms with E-state index in [-0.39, 0.29) is 31.6 Å². The van der Waals surface area contributed by atoms with Crippen LogP contribution in [0.15, 0.2) is 36.7 Å². The van der Waals surface area contributed by atoms with Crippen molar-refractivity contribution in [1.82, 2.24) is 15.1 Å². The second kappa shape index (κ2) is 8.55. The van der Waals surface area contributed by atoms with E-state index in [9.17, 15) is 4.79 Å². The van der Waals surface area contributed by atoms with Crippen LogP contribution in [-0.4, -0.2) is 33.9 Å². The minimum atomic E-state index is -0.182. The van der Waals surface area contributed by atoms with Gasteiger partial charge < -0.3 is 15.7 Å². The predicted molar refractivity (Wildman–Crippen MR) is 90.4 cm³/mol. The fourth-order valence-corrected chi connectivity index (χ4v) is 2.37. The molecule has 0 aliphatic carbocycles. The van der Waals surface area contributed by atoms with E-state index in [2.05, 4.69) is 22.7 Å². The maximum Gasteiger partial charge on any atom is 0.241 e. The van der Waals surface area contributed by atoms with Gasteiger partial charge in [-0.1, -0.05) is 30.7 Å². The number of halogens is 1. The molecule has 2 rings (SSSR count). The summed E-state index contributed by atoms with van der Waals surface area (Å²) < 4.78 is 1.56. The number of nitrogens with one attached hydrogen (secondary N) is 2. The van der Waals surface area contributed by atoms with Crippen molar-refractivity contribution < 1.29 is 9.90 Å². The molecule has 3 N–H and O–H groups in total. The van der Waals surface area contributed by atoms with Crippen molar-refractivity contribution >= 4 is 23.2 Å². The van der Waals surface area contributed by atoms with Gasteiger partial charge in [0.25, 0.3) is 0 Å². The van der Waals surface area contributed by atoms with Gasteiger partial charge in [-0.15, -0.1) is 0 Å². The number of nitrogens with zero attached hydrogens (tertiary/aromatic N) is 2. The first-order valence-corrected chi connectivity index (χ1v) is 7.92. The molecule has 0 radical (unpaired) electrons. The van der Waals surface area contributed by atoms with E-state index in [1.165, 1.54) is 0 Å². The molecule has 0 bridgehead atoms. The molecular weight excluding hydrogens is 316 g/mol. The zero-order chi connectivity index (χ0) is 16.7. The first-order chi connectivity index (χ1) is 11.1. The van der Waals surface area contributed by atoms with Crippen molar-refractivity contribution in [2.45, 2.75) is 25.9 Å². The Morgan fingerprint density at radius 1 is 1.39 bits per heavy atom. The largest absolute Gasteiger partial charge is 0.395 e. The first-order valence-electron chi connectivity index (χ1n) is 7.54.